The van der Waals surface area contributed by atoms with Gasteiger partial charge in [-0.2, -0.15) is 4.99 Å². The second kappa shape index (κ2) is 7.66. The topological polar surface area (TPSA) is 59.0 Å². The van der Waals surface area contributed by atoms with Crippen LogP contribution in [0.5, 0.6) is 0 Å². The molecule has 1 aromatic carbocycles. The molecule has 1 saturated heterocycles. The third-order valence-corrected chi connectivity index (χ3v) is 5.06. The summed E-state index contributed by atoms with van der Waals surface area (Å²) in [4.78, 5) is 30.9. The number of ether oxygens (including phenoxy) is 1. The Hall–Kier alpha value is -2.08. The summed E-state index contributed by atoms with van der Waals surface area (Å²) < 4.78 is 5.12. The first-order valence-electron chi connectivity index (χ1n) is 8.16. The number of benzene rings is 1. The monoisotopic (exact) mass is 344 g/mol. The molecule has 1 fully saturated rings. The van der Waals surface area contributed by atoms with Gasteiger partial charge < -0.3 is 9.64 Å². The molecule has 1 amide bonds. The molecule has 24 heavy (non-hydrogen) atoms. The number of carbonyl (C=O) groups is 2. The SMILES string of the molecule is CCOC(=O)[C@@H]1CCCN(C2=NC(=O)/C(=C/c3ccccc3)S2)C1. The molecule has 0 N–H and O–H groups in total. The second-order valence-corrected chi connectivity index (χ2v) is 6.77. The third-order valence-electron chi connectivity index (χ3n) is 4.02. The van der Waals surface area contributed by atoms with E-state index in [4.69, 9.17) is 4.74 Å². The van der Waals surface area contributed by atoms with Crippen LogP contribution in [0.25, 0.3) is 6.08 Å². The van der Waals surface area contributed by atoms with Crippen LogP contribution in [0, 0.1) is 5.92 Å². The molecule has 126 valence electrons. The third kappa shape index (κ3) is 3.87. The molecular weight excluding hydrogens is 324 g/mol. The first kappa shape index (κ1) is 16.8. The highest BCUT2D eigenvalue weighted by Gasteiger charge is 2.32. The van der Waals surface area contributed by atoms with Gasteiger partial charge in [0.15, 0.2) is 5.17 Å². The van der Waals surface area contributed by atoms with Gasteiger partial charge in [-0.15, -0.1) is 0 Å². The van der Waals surface area contributed by atoms with E-state index >= 15 is 0 Å². The van der Waals surface area contributed by atoms with Crippen LogP contribution in [0.15, 0.2) is 40.2 Å². The Morgan fingerprint density at radius 1 is 1.42 bits per heavy atom. The Balaban J connectivity index is 1.68. The first-order chi connectivity index (χ1) is 11.7. The number of esters is 1. The Morgan fingerprint density at radius 2 is 2.21 bits per heavy atom. The molecule has 2 aliphatic heterocycles. The molecule has 1 atom stereocenters. The lowest BCUT2D eigenvalue weighted by atomic mass is 9.99. The summed E-state index contributed by atoms with van der Waals surface area (Å²) >= 11 is 1.38. The number of carbonyl (C=O) groups excluding carboxylic acids is 2. The molecule has 6 heteroatoms. The van der Waals surface area contributed by atoms with Crippen molar-refractivity contribution in [2.75, 3.05) is 19.7 Å². The lowest BCUT2D eigenvalue weighted by Crippen LogP contribution is -2.41. The lowest BCUT2D eigenvalue weighted by molar-refractivity contribution is -0.149. The van der Waals surface area contributed by atoms with Crippen LogP contribution in [0.1, 0.15) is 25.3 Å². The van der Waals surface area contributed by atoms with E-state index in [1.165, 1.54) is 11.8 Å². The molecular formula is C18H20N2O3S. The van der Waals surface area contributed by atoms with Gasteiger partial charge in [0, 0.05) is 13.1 Å². The smallest absolute Gasteiger partial charge is 0.310 e. The van der Waals surface area contributed by atoms with Gasteiger partial charge >= 0.3 is 5.97 Å². The van der Waals surface area contributed by atoms with Crippen LogP contribution >= 0.6 is 11.8 Å². The van der Waals surface area contributed by atoms with Crippen molar-refractivity contribution >= 4 is 34.9 Å². The summed E-state index contributed by atoms with van der Waals surface area (Å²) in [6, 6.07) is 9.73. The van der Waals surface area contributed by atoms with Gasteiger partial charge in [0.05, 0.1) is 17.4 Å². The molecule has 0 saturated carbocycles. The number of aliphatic imine (C=N–C) groups is 1. The van der Waals surface area contributed by atoms with Crippen molar-refractivity contribution < 1.29 is 14.3 Å². The van der Waals surface area contributed by atoms with Gasteiger partial charge in [0.2, 0.25) is 0 Å². The predicted molar refractivity (Wildman–Crippen MR) is 95.4 cm³/mol. The van der Waals surface area contributed by atoms with Gasteiger partial charge in [-0.25, -0.2) is 0 Å². The van der Waals surface area contributed by atoms with Crippen molar-refractivity contribution in [2.24, 2.45) is 10.9 Å². The quantitative estimate of drug-likeness (QED) is 0.623. The summed E-state index contributed by atoms with van der Waals surface area (Å²) in [5.41, 5.74) is 0.979. The number of rotatable bonds is 3. The molecule has 0 unspecified atom stereocenters. The molecule has 5 nitrogen and oxygen atoms in total. The fourth-order valence-electron chi connectivity index (χ4n) is 2.84. The van der Waals surface area contributed by atoms with E-state index in [0.29, 0.717) is 23.2 Å². The van der Waals surface area contributed by atoms with Crippen LogP contribution < -0.4 is 0 Å². The second-order valence-electron chi connectivity index (χ2n) is 5.76. The van der Waals surface area contributed by atoms with Gasteiger partial charge in [-0.3, -0.25) is 9.59 Å². The largest absolute Gasteiger partial charge is 0.466 e. The minimum absolute atomic E-state index is 0.140. The Bertz CT molecular complexity index is 685. The number of nitrogens with zero attached hydrogens (tertiary/aromatic N) is 2. The molecule has 2 aliphatic rings. The number of piperidine rings is 1. The molecule has 0 bridgehead atoms. The number of amides is 1. The van der Waals surface area contributed by atoms with E-state index in [2.05, 4.69) is 4.99 Å². The average Bonchev–Trinajstić information content (AvgIpc) is 2.97. The maximum absolute atomic E-state index is 12.2. The van der Waals surface area contributed by atoms with Crippen LogP contribution in [0.4, 0.5) is 0 Å². The van der Waals surface area contributed by atoms with Crippen LogP contribution in [0.3, 0.4) is 0 Å². The Morgan fingerprint density at radius 3 is 2.96 bits per heavy atom. The van der Waals surface area contributed by atoms with E-state index in [0.717, 1.165) is 24.9 Å². The maximum atomic E-state index is 12.2. The van der Waals surface area contributed by atoms with Gasteiger partial charge in [-0.05, 0) is 43.2 Å². The van der Waals surface area contributed by atoms with Crippen LogP contribution in [-0.4, -0.2) is 41.6 Å². The zero-order valence-electron chi connectivity index (χ0n) is 13.6. The number of amidine groups is 1. The standard InChI is InChI=1S/C18H20N2O3S/c1-2-23-17(22)14-9-6-10-20(12-14)18-19-16(21)15(24-18)11-13-7-4-3-5-8-13/h3-5,7-8,11,14H,2,6,9-10,12H2,1H3/b15-11-/t14-/m1/s1. The van der Waals surface area contributed by atoms with Crippen LogP contribution in [-0.2, 0) is 14.3 Å². The lowest BCUT2D eigenvalue weighted by Gasteiger charge is -2.32. The highest BCUT2D eigenvalue weighted by molar-refractivity contribution is 8.18. The summed E-state index contributed by atoms with van der Waals surface area (Å²) in [6.45, 7) is 3.59. The molecule has 0 aromatic heterocycles. The van der Waals surface area contributed by atoms with E-state index < -0.39 is 0 Å². The van der Waals surface area contributed by atoms with Crippen molar-refractivity contribution in [3.63, 3.8) is 0 Å². The van der Waals surface area contributed by atoms with Crippen molar-refractivity contribution in [1.29, 1.82) is 0 Å². The predicted octanol–water partition coefficient (Wildman–Crippen LogP) is 2.93. The van der Waals surface area contributed by atoms with Crippen molar-refractivity contribution in [2.45, 2.75) is 19.8 Å². The Kier molecular flexibility index (Phi) is 5.35. The van der Waals surface area contributed by atoms with Gasteiger partial charge in [0.1, 0.15) is 0 Å². The number of hydrogen-bond donors (Lipinski definition) is 0. The van der Waals surface area contributed by atoms with Crippen molar-refractivity contribution in [1.82, 2.24) is 4.90 Å². The average molecular weight is 344 g/mol. The minimum Gasteiger partial charge on any atom is -0.466 e. The van der Waals surface area contributed by atoms with E-state index in [9.17, 15) is 9.59 Å². The Labute approximate surface area is 145 Å². The molecule has 3 rings (SSSR count). The number of thioether (sulfide) groups is 1. The maximum Gasteiger partial charge on any atom is 0.310 e. The van der Waals surface area contributed by atoms with E-state index in [1.54, 1.807) is 0 Å². The van der Waals surface area contributed by atoms with E-state index in [-0.39, 0.29) is 17.8 Å². The number of likely N-dealkylation sites (tertiary alicyclic amines) is 1. The molecule has 0 spiro atoms. The number of hydrogen-bond acceptors (Lipinski definition) is 5. The van der Waals surface area contributed by atoms with Gasteiger partial charge in [-0.1, -0.05) is 30.3 Å². The molecule has 1 aromatic rings. The van der Waals surface area contributed by atoms with Crippen molar-refractivity contribution in [3.05, 3.63) is 40.8 Å². The normalized spacial score (nSPS) is 22.6. The van der Waals surface area contributed by atoms with E-state index in [1.807, 2.05) is 48.2 Å². The summed E-state index contributed by atoms with van der Waals surface area (Å²) in [5, 5.41) is 0.691. The molecule has 0 radical (unpaired) electrons. The highest BCUT2D eigenvalue weighted by atomic mass is 32.2. The van der Waals surface area contributed by atoms with Crippen molar-refractivity contribution in [3.8, 4) is 0 Å². The summed E-state index contributed by atoms with van der Waals surface area (Å²) in [7, 11) is 0. The molecule has 0 aliphatic carbocycles. The first-order valence-corrected chi connectivity index (χ1v) is 8.98. The summed E-state index contributed by atoms with van der Waals surface area (Å²) in [6.07, 6.45) is 3.58. The fourth-order valence-corrected chi connectivity index (χ4v) is 3.79. The molecule has 2 heterocycles. The van der Waals surface area contributed by atoms with Crippen LogP contribution in [0.2, 0.25) is 0 Å². The summed E-state index contributed by atoms with van der Waals surface area (Å²) in [5.74, 6) is -0.506. The zero-order valence-corrected chi connectivity index (χ0v) is 14.4. The minimum atomic E-state index is -0.211. The van der Waals surface area contributed by atoms with Gasteiger partial charge in [0.25, 0.3) is 5.91 Å². The zero-order chi connectivity index (χ0) is 16.9. The fraction of sp³-hybridized carbons (Fsp3) is 0.389. The highest BCUT2D eigenvalue weighted by Crippen LogP contribution is 2.32.